The van der Waals surface area contributed by atoms with Crippen LogP contribution in [0.25, 0.3) is 10.8 Å². The number of hydrogen-bond donors (Lipinski definition) is 1. The smallest absolute Gasteiger partial charge is 0.382 e. The number of thiazole rings is 1. The molecule has 1 saturated heterocycles. The molecule has 2 aromatic rings. The molecule has 6 nitrogen and oxygen atoms in total. The van der Waals surface area contributed by atoms with Crippen molar-refractivity contribution < 1.29 is 23.1 Å². The second-order valence-electron chi connectivity index (χ2n) is 5.70. The lowest BCUT2D eigenvalue weighted by molar-refractivity contribution is -0.216. The number of likely N-dealkylation sites (tertiary alicyclic amines) is 1. The average molecular weight is 372 g/mol. The van der Waals surface area contributed by atoms with Crippen LogP contribution in [-0.4, -0.2) is 55.7 Å². The van der Waals surface area contributed by atoms with Gasteiger partial charge in [-0.15, -0.1) is 11.3 Å². The van der Waals surface area contributed by atoms with Gasteiger partial charge in [-0.1, -0.05) is 0 Å². The summed E-state index contributed by atoms with van der Waals surface area (Å²) in [6.45, 7) is 1.78. The zero-order valence-electron chi connectivity index (χ0n) is 13.2. The molecule has 0 aromatic carbocycles. The monoisotopic (exact) mass is 372 g/mol. The van der Waals surface area contributed by atoms with Crippen molar-refractivity contribution in [3.8, 4) is 10.8 Å². The quantitative estimate of drug-likeness (QED) is 0.895. The van der Waals surface area contributed by atoms with Crippen LogP contribution in [0.5, 0.6) is 0 Å². The third-order valence-electron chi connectivity index (χ3n) is 4.01. The minimum Gasteiger partial charge on any atom is -0.382 e. The molecule has 2 aromatic heterocycles. The summed E-state index contributed by atoms with van der Waals surface area (Å²) in [5.74, 6) is -0.203. The van der Waals surface area contributed by atoms with Crippen molar-refractivity contribution in [1.82, 2.24) is 19.9 Å². The minimum atomic E-state index is -4.76. The first-order valence-corrected chi connectivity index (χ1v) is 8.41. The SMILES string of the molecule is Cc1nc(-c2ncccn2)sc1C(=O)N1CCCC1C(O)C(F)(F)F. The van der Waals surface area contributed by atoms with Gasteiger partial charge in [-0.25, -0.2) is 15.0 Å². The summed E-state index contributed by atoms with van der Waals surface area (Å²) in [4.78, 5) is 26.4. The maximum absolute atomic E-state index is 12.8. The molecule has 0 spiro atoms. The second-order valence-corrected chi connectivity index (χ2v) is 6.70. The Kier molecular flexibility index (Phi) is 4.74. The Morgan fingerprint density at radius 1 is 1.40 bits per heavy atom. The Bertz CT molecular complexity index is 766. The lowest BCUT2D eigenvalue weighted by atomic mass is 10.1. The Morgan fingerprint density at radius 2 is 2.08 bits per heavy atom. The van der Waals surface area contributed by atoms with Gasteiger partial charge in [-0.2, -0.15) is 13.2 Å². The second kappa shape index (κ2) is 6.68. The van der Waals surface area contributed by atoms with Gasteiger partial charge in [0.25, 0.3) is 5.91 Å². The molecule has 0 saturated carbocycles. The molecule has 1 fully saturated rings. The number of aliphatic hydroxyl groups is 1. The van der Waals surface area contributed by atoms with Crippen LogP contribution in [0.3, 0.4) is 0 Å². The molecule has 1 aliphatic heterocycles. The van der Waals surface area contributed by atoms with Crippen molar-refractivity contribution in [3.05, 3.63) is 29.0 Å². The van der Waals surface area contributed by atoms with E-state index >= 15 is 0 Å². The molecule has 0 bridgehead atoms. The maximum atomic E-state index is 12.8. The van der Waals surface area contributed by atoms with Crippen molar-refractivity contribution in [2.45, 2.75) is 38.1 Å². The Labute approximate surface area is 145 Å². The fourth-order valence-corrected chi connectivity index (χ4v) is 3.79. The third-order valence-corrected chi connectivity index (χ3v) is 5.15. The van der Waals surface area contributed by atoms with Crippen LogP contribution >= 0.6 is 11.3 Å². The molecular formula is C15H15F3N4O2S. The molecule has 1 amide bonds. The molecule has 10 heteroatoms. The van der Waals surface area contributed by atoms with Gasteiger partial charge in [0, 0.05) is 18.9 Å². The topological polar surface area (TPSA) is 79.2 Å². The van der Waals surface area contributed by atoms with Crippen LogP contribution in [0.15, 0.2) is 18.5 Å². The Balaban J connectivity index is 1.87. The Morgan fingerprint density at radius 3 is 2.72 bits per heavy atom. The van der Waals surface area contributed by atoms with E-state index in [1.165, 1.54) is 12.4 Å². The Hall–Kier alpha value is -2.07. The van der Waals surface area contributed by atoms with E-state index in [2.05, 4.69) is 15.0 Å². The first-order valence-electron chi connectivity index (χ1n) is 7.59. The number of aryl methyl sites for hydroxylation is 1. The fraction of sp³-hybridized carbons (Fsp3) is 0.467. The van der Waals surface area contributed by atoms with Crippen LogP contribution in [0.2, 0.25) is 0 Å². The molecule has 2 unspecified atom stereocenters. The zero-order chi connectivity index (χ0) is 18.2. The number of aromatic nitrogens is 3. The van der Waals surface area contributed by atoms with E-state index < -0.39 is 24.2 Å². The molecule has 2 atom stereocenters. The zero-order valence-corrected chi connectivity index (χ0v) is 14.0. The molecule has 1 N–H and O–H groups in total. The van der Waals surface area contributed by atoms with Crippen molar-refractivity contribution in [3.63, 3.8) is 0 Å². The van der Waals surface area contributed by atoms with Crippen molar-refractivity contribution in [2.75, 3.05) is 6.54 Å². The number of amides is 1. The molecule has 134 valence electrons. The lowest BCUT2D eigenvalue weighted by Gasteiger charge is -2.29. The number of rotatable bonds is 3. The molecule has 0 radical (unpaired) electrons. The summed E-state index contributed by atoms with van der Waals surface area (Å²) >= 11 is 1.04. The summed E-state index contributed by atoms with van der Waals surface area (Å²) in [6.07, 6.45) is -3.72. The summed E-state index contributed by atoms with van der Waals surface area (Å²) in [6, 6.07) is 0.369. The number of carbonyl (C=O) groups excluding carboxylic acids is 1. The summed E-state index contributed by atoms with van der Waals surface area (Å²) < 4.78 is 38.5. The summed E-state index contributed by atoms with van der Waals surface area (Å²) in [5, 5.41) is 9.98. The average Bonchev–Trinajstić information content (AvgIpc) is 3.20. The normalized spacial score (nSPS) is 19.2. The molecule has 0 aliphatic carbocycles. The molecule has 3 heterocycles. The minimum absolute atomic E-state index is 0.110. The van der Waals surface area contributed by atoms with Gasteiger partial charge in [0.05, 0.1) is 11.7 Å². The van der Waals surface area contributed by atoms with E-state index in [1.807, 2.05) is 0 Å². The largest absolute Gasteiger partial charge is 0.416 e. The van der Waals surface area contributed by atoms with Crippen LogP contribution in [-0.2, 0) is 0 Å². The highest BCUT2D eigenvalue weighted by atomic mass is 32.1. The molecule has 1 aliphatic rings. The van der Waals surface area contributed by atoms with Gasteiger partial charge in [0.1, 0.15) is 4.88 Å². The highest BCUT2D eigenvalue weighted by Gasteiger charge is 2.48. The predicted octanol–water partition coefficient (Wildman–Crippen LogP) is 2.44. The number of halogens is 3. The van der Waals surface area contributed by atoms with Crippen LogP contribution in [0.1, 0.15) is 28.2 Å². The summed E-state index contributed by atoms with van der Waals surface area (Å²) in [7, 11) is 0. The van der Waals surface area contributed by atoms with Crippen LogP contribution in [0, 0.1) is 6.92 Å². The van der Waals surface area contributed by atoms with E-state index in [0.717, 1.165) is 16.2 Å². The predicted molar refractivity (Wildman–Crippen MR) is 84.0 cm³/mol. The third kappa shape index (κ3) is 3.49. The lowest BCUT2D eigenvalue weighted by Crippen LogP contribution is -2.49. The van der Waals surface area contributed by atoms with E-state index in [0.29, 0.717) is 22.9 Å². The van der Waals surface area contributed by atoms with Gasteiger partial charge in [-0.05, 0) is 25.8 Å². The van der Waals surface area contributed by atoms with Crippen molar-refractivity contribution in [1.29, 1.82) is 0 Å². The molecular weight excluding hydrogens is 357 g/mol. The molecule has 25 heavy (non-hydrogen) atoms. The number of aliphatic hydroxyl groups excluding tert-OH is 1. The van der Waals surface area contributed by atoms with Gasteiger partial charge < -0.3 is 10.0 Å². The van der Waals surface area contributed by atoms with Gasteiger partial charge >= 0.3 is 6.18 Å². The highest BCUT2D eigenvalue weighted by molar-refractivity contribution is 7.17. The first-order chi connectivity index (χ1) is 11.8. The standard InChI is InChI=1S/C15H15F3N4O2S/c1-8-10(25-13(21-8)12-19-5-3-6-20-12)14(24)22-7-2-4-9(22)11(23)15(16,17)18/h3,5-6,9,11,23H,2,4,7H2,1H3. The van der Waals surface area contributed by atoms with Gasteiger partial charge in [0.15, 0.2) is 16.9 Å². The fourth-order valence-electron chi connectivity index (χ4n) is 2.82. The number of carbonyl (C=O) groups is 1. The number of nitrogens with zero attached hydrogens (tertiary/aromatic N) is 4. The van der Waals surface area contributed by atoms with Crippen molar-refractivity contribution >= 4 is 17.2 Å². The van der Waals surface area contributed by atoms with E-state index in [1.54, 1.807) is 13.0 Å². The van der Waals surface area contributed by atoms with Crippen molar-refractivity contribution in [2.24, 2.45) is 0 Å². The van der Waals surface area contributed by atoms with Gasteiger partial charge in [-0.3, -0.25) is 4.79 Å². The number of alkyl halides is 3. The van der Waals surface area contributed by atoms with Gasteiger partial charge in [0.2, 0.25) is 0 Å². The number of hydrogen-bond acceptors (Lipinski definition) is 6. The van der Waals surface area contributed by atoms with E-state index in [4.69, 9.17) is 0 Å². The van der Waals surface area contributed by atoms with Crippen LogP contribution in [0.4, 0.5) is 13.2 Å². The van der Waals surface area contributed by atoms with Crippen LogP contribution < -0.4 is 0 Å². The van der Waals surface area contributed by atoms with E-state index in [-0.39, 0.29) is 17.8 Å². The first kappa shape index (κ1) is 17.7. The highest BCUT2D eigenvalue weighted by Crippen LogP contribution is 2.33. The maximum Gasteiger partial charge on any atom is 0.416 e. The van der Waals surface area contributed by atoms with E-state index in [9.17, 15) is 23.1 Å². The molecule has 3 rings (SSSR count). The summed E-state index contributed by atoms with van der Waals surface area (Å²) in [5.41, 5.74) is 0.407.